The standard InChI is InChI=1S/C20H20N2O5/c1-11(2)17(18(23)22-20(21)25)27-19(24)16-12-7-3-5-9-14(12)26-15-10-6-4-8-13(15)16/h3-11,16-17H,1-2H3,(H3,21,22,23,25). The number of carbonyl (C=O) groups is 3. The summed E-state index contributed by atoms with van der Waals surface area (Å²) in [6.45, 7) is 3.43. The van der Waals surface area contributed by atoms with Crippen LogP contribution in [0.25, 0.3) is 0 Å². The van der Waals surface area contributed by atoms with Crippen molar-refractivity contribution < 1.29 is 23.9 Å². The summed E-state index contributed by atoms with van der Waals surface area (Å²) < 4.78 is 11.4. The molecule has 3 N–H and O–H groups in total. The van der Waals surface area contributed by atoms with E-state index >= 15 is 0 Å². The zero-order valence-corrected chi connectivity index (χ0v) is 15.0. The summed E-state index contributed by atoms with van der Waals surface area (Å²) >= 11 is 0. The van der Waals surface area contributed by atoms with E-state index in [9.17, 15) is 14.4 Å². The maximum Gasteiger partial charge on any atom is 0.319 e. The molecule has 0 saturated carbocycles. The van der Waals surface area contributed by atoms with Gasteiger partial charge in [0.15, 0.2) is 6.10 Å². The van der Waals surface area contributed by atoms with E-state index in [-0.39, 0.29) is 5.92 Å². The van der Waals surface area contributed by atoms with E-state index in [1.807, 2.05) is 17.4 Å². The number of para-hydroxylation sites is 2. The van der Waals surface area contributed by atoms with Crippen molar-refractivity contribution in [2.24, 2.45) is 11.7 Å². The molecular weight excluding hydrogens is 348 g/mol. The van der Waals surface area contributed by atoms with Gasteiger partial charge in [-0.1, -0.05) is 50.2 Å². The molecule has 7 heteroatoms. The molecule has 1 aliphatic heterocycles. The number of urea groups is 1. The first-order chi connectivity index (χ1) is 12.9. The average molecular weight is 368 g/mol. The topological polar surface area (TPSA) is 108 Å². The predicted octanol–water partition coefficient (Wildman–Crippen LogP) is 2.69. The molecule has 0 fully saturated rings. The van der Waals surface area contributed by atoms with E-state index in [2.05, 4.69) is 0 Å². The quantitative estimate of drug-likeness (QED) is 0.807. The summed E-state index contributed by atoms with van der Waals surface area (Å²) in [6, 6.07) is 13.3. The molecule has 0 bridgehead atoms. The predicted molar refractivity (Wildman–Crippen MR) is 97.2 cm³/mol. The van der Waals surface area contributed by atoms with Crippen molar-refractivity contribution in [3.05, 3.63) is 59.7 Å². The first-order valence-corrected chi connectivity index (χ1v) is 8.55. The maximum absolute atomic E-state index is 13.1. The highest BCUT2D eigenvalue weighted by Gasteiger charge is 2.37. The third-order valence-electron chi connectivity index (χ3n) is 4.27. The van der Waals surface area contributed by atoms with E-state index < -0.39 is 29.9 Å². The van der Waals surface area contributed by atoms with Crippen LogP contribution >= 0.6 is 0 Å². The van der Waals surface area contributed by atoms with Gasteiger partial charge in [-0.05, 0) is 18.1 Å². The maximum atomic E-state index is 13.1. The second-order valence-electron chi connectivity index (χ2n) is 6.57. The SMILES string of the molecule is CC(C)C(OC(=O)C1c2ccccc2Oc2ccccc21)C(=O)NC(N)=O. The molecule has 0 spiro atoms. The van der Waals surface area contributed by atoms with Crippen LogP contribution in [0.2, 0.25) is 0 Å². The Kier molecular flexibility index (Phi) is 5.12. The van der Waals surface area contributed by atoms with Crippen molar-refractivity contribution in [3.63, 3.8) is 0 Å². The Hall–Kier alpha value is -3.35. The van der Waals surface area contributed by atoms with E-state index in [4.69, 9.17) is 15.2 Å². The summed E-state index contributed by atoms with van der Waals surface area (Å²) in [6.07, 6.45) is -1.15. The highest BCUT2D eigenvalue weighted by Crippen LogP contribution is 2.44. The lowest BCUT2D eigenvalue weighted by Crippen LogP contribution is -2.46. The van der Waals surface area contributed by atoms with Gasteiger partial charge < -0.3 is 15.2 Å². The first kappa shape index (κ1) is 18.4. The minimum atomic E-state index is -1.15. The molecule has 2 aromatic carbocycles. The van der Waals surface area contributed by atoms with Gasteiger partial charge in [0.2, 0.25) is 0 Å². The fourth-order valence-electron chi connectivity index (χ4n) is 3.04. The van der Waals surface area contributed by atoms with Crippen LogP contribution in [0.15, 0.2) is 48.5 Å². The number of benzene rings is 2. The molecule has 0 aromatic heterocycles. The number of primary amides is 1. The molecule has 7 nitrogen and oxygen atoms in total. The zero-order valence-electron chi connectivity index (χ0n) is 15.0. The molecule has 1 aliphatic rings. The monoisotopic (exact) mass is 368 g/mol. The molecule has 1 heterocycles. The van der Waals surface area contributed by atoms with Crippen LogP contribution in [-0.2, 0) is 14.3 Å². The third-order valence-corrected chi connectivity index (χ3v) is 4.27. The highest BCUT2D eigenvalue weighted by molar-refractivity contribution is 5.97. The van der Waals surface area contributed by atoms with Crippen LogP contribution < -0.4 is 15.8 Å². The van der Waals surface area contributed by atoms with E-state index in [0.29, 0.717) is 22.6 Å². The minimum absolute atomic E-state index is 0.348. The smallest absolute Gasteiger partial charge is 0.319 e. The van der Waals surface area contributed by atoms with Crippen LogP contribution in [0.3, 0.4) is 0 Å². The van der Waals surface area contributed by atoms with Crippen molar-refractivity contribution in [2.75, 3.05) is 0 Å². The molecule has 140 valence electrons. The second kappa shape index (κ2) is 7.49. The van der Waals surface area contributed by atoms with E-state index in [0.717, 1.165) is 0 Å². The van der Waals surface area contributed by atoms with Crippen molar-refractivity contribution in [1.82, 2.24) is 5.32 Å². The lowest BCUT2D eigenvalue weighted by molar-refractivity contribution is -0.159. The van der Waals surface area contributed by atoms with Gasteiger partial charge in [0.1, 0.15) is 17.4 Å². The lowest BCUT2D eigenvalue weighted by atomic mass is 9.88. The molecule has 3 rings (SSSR count). The van der Waals surface area contributed by atoms with Gasteiger partial charge in [-0.3, -0.25) is 14.9 Å². The van der Waals surface area contributed by atoms with Gasteiger partial charge in [-0.2, -0.15) is 0 Å². The summed E-state index contributed by atoms with van der Waals surface area (Å²) in [5.41, 5.74) is 6.31. The first-order valence-electron chi connectivity index (χ1n) is 8.55. The van der Waals surface area contributed by atoms with E-state index in [1.165, 1.54) is 0 Å². The number of esters is 1. The van der Waals surface area contributed by atoms with Gasteiger partial charge in [0.25, 0.3) is 5.91 Å². The van der Waals surface area contributed by atoms with Gasteiger partial charge in [-0.25, -0.2) is 4.79 Å². The van der Waals surface area contributed by atoms with E-state index in [1.54, 1.807) is 50.2 Å². The van der Waals surface area contributed by atoms with Crippen molar-refractivity contribution in [1.29, 1.82) is 0 Å². The van der Waals surface area contributed by atoms with Crippen LogP contribution in [0, 0.1) is 5.92 Å². The number of hydrogen-bond acceptors (Lipinski definition) is 5. The van der Waals surface area contributed by atoms with Crippen LogP contribution in [0.5, 0.6) is 11.5 Å². The van der Waals surface area contributed by atoms with Crippen LogP contribution in [-0.4, -0.2) is 24.0 Å². The minimum Gasteiger partial charge on any atom is -0.457 e. The Morgan fingerprint density at radius 1 is 1.00 bits per heavy atom. The Balaban J connectivity index is 1.94. The summed E-state index contributed by atoms with van der Waals surface area (Å²) in [7, 11) is 0. The van der Waals surface area contributed by atoms with Gasteiger partial charge >= 0.3 is 12.0 Å². The molecule has 0 radical (unpaired) electrons. The second-order valence-corrected chi connectivity index (χ2v) is 6.57. The number of carbonyl (C=O) groups excluding carboxylic acids is 3. The number of imide groups is 1. The van der Waals surface area contributed by atoms with Crippen LogP contribution in [0.4, 0.5) is 4.79 Å². The number of nitrogens with two attached hydrogens (primary N) is 1. The summed E-state index contributed by atoms with van der Waals surface area (Å²) in [4.78, 5) is 36.2. The normalized spacial score (nSPS) is 13.7. The fourth-order valence-corrected chi connectivity index (χ4v) is 3.04. The molecular formula is C20H20N2O5. The third kappa shape index (κ3) is 3.76. The van der Waals surface area contributed by atoms with Gasteiger partial charge in [0, 0.05) is 11.1 Å². The van der Waals surface area contributed by atoms with Gasteiger partial charge in [-0.15, -0.1) is 0 Å². The number of ether oxygens (including phenoxy) is 2. The fraction of sp³-hybridized carbons (Fsp3) is 0.250. The molecule has 3 amide bonds. The number of nitrogens with one attached hydrogen (secondary N) is 1. The summed E-state index contributed by atoms with van der Waals surface area (Å²) in [5, 5.41) is 1.97. The average Bonchev–Trinajstić information content (AvgIpc) is 2.62. The molecule has 0 aliphatic carbocycles. The molecule has 1 unspecified atom stereocenters. The van der Waals surface area contributed by atoms with Crippen molar-refractivity contribution in [3.8, 4) is 11.5 Å². The Morgan fingerprint density at radius 3 is 2.00 bits per heavy atom. The number of hydrogen-bond donors (Lipinski definition) is 2. The van der Waals surface area contributed by atoms with Crippen LogP contribution in [0.1, 0.15) is 30.9 Å². The van der Waals surface area contributed by atoms with Gasteiger partial charge in [0.05, 0.1) is 0 Å². The summed E-state index contributed by atoms with van der Waals surface area (Å²) in [5.74, 6) is -1.33. The molecule has 2 aromatic rings. The lowest BCUT2D eigenvalue weighted by Gasteiger charge is -2.28. The van der Waals surface area contributed by atoms with Crippen molar-refractivity contribution in [2.45, 2.75) is 25.9 Å². The number of rotatable bonds is 4. The Labute approximate surface area is 156 Å². The molecule has 0 saturated heterocycles. The Morgan fingerprint density at radius 2 is 1.52 bits per heavy atom. The Bertz CT molecular complexity index is 848. The van der Waals surface area contributed by atoms with Crippen molar-refractivity contribution >= 4 is 17.9 Å². The molecule has 1 atom stereocenters. The zero-order chi connectivity index (χ0) is 19.6. The molecule has 27 heavy (non-hydrogen) atoms. The largest absolute Gasteiger partial charge is 0.457 e. The number of amides is 3. The highest BCUT2D eigenvalue weighted by atomic mass is 16.6. The number of fused-ring (bicyclic) bond motifs is 2.